The van der Waals surface area contributed by atoms with E-state index in [1.807, 2.05) is 0 Å². The van der Waals surface area contributed by atoms with Gasteiger partial charge in [-0.3, -0.25) is 0 Å². The lowest BCUT2D eigenvalue weighted by molar-refractivity contribution is 0.134. The van der Waals surface area contributed by atoms with E-state index in [9.17, 15) is 0 Å². The van der Waals surface area contributed by atoms with Crippen LogP contribution in [-0.4, -0.2) is 60.6 Å². The monoisotopic (exact) mass is 279 g/mol. The number of hydrogen-bond acceptors (Lipinski definition) is 3. The van der Waals surface area contributed by atoms with Crippen molar-refractivity contribution in [2.45, 2.75) is 76.4 Å². The molecule has 3 fully saturated rings. The molecule has 3 saturated heterocycles. The maximum atomic E-state index is 3.78. The SMILES string of the molecule is CCCN(CCCN1CCCC1)C1CC2CCC(C1)N2. The fraction of sp³-hybridized carbons (Fsp3) is 1.00. The van der Waals surface area contributed by atoms with Gasteiger partial charge in [-0.1, -0.05) is 6.92 Å². The molecule has 3 nitrogen and oxygen atoms in total. The standard InChI is InChI=1S/C17H33N3/c1-2-8-20(12-5-11-19-9-3-4-10-19)17-13-15-6-7-16(14-17)18-15/h15-18H,2-14H2,1H3. The Balaban J connectivity index is 1.44. The lowest BCUT2D eigenvalue weighted by atomic mass is 9.97. The Labute approximate surface area is 125 Å². The molecule has 3 aliphatic heterocycles. The minimum absolute atomic E-state index is 0.830. The second-order valence-electron chi connectivity index (χ2n) is 7.20. The maximum Gasteiger partial charge on any atom is 0.0125 e. The number of piperidine rings is 1. The van der Waals surface area contributed by atoms with E-state index >= 15 is 0 Å². The molecule has 0 aromatic rings. The number of hydrogen-bond donors (Lipinski definition) is 1. The maximum absolute atomic E-state index is 3.78. The summed E-state index contributed by atoms with van der Waals surface area (Å²) in [6, 6.07) is 2.53. The van der Waals surface area contributed by atoms with Crippen LogP contribution in [0.3, 0.4) is 0 Å². The van der Waals surface area contributed by atoms with Gasteiger partial charge in [0.15, 0.2) is 0 Å². The summed E-state index contributed by atoms with van der Waals surface area (Å²) in [5, 5.41) is 3.78. The molecule has 2 unspecified atom stereocenters. The molecule has 3 aliphatic rings. The van der Waals surface area contributed by atoms with E-state index in [2.05, 4.69) is 22.0 Å². The predicted octanol–water partition coefficient (Wildman–Crippen LogP) is 2.47. The van der Waals surface area contributed by atoms with Crippen molar-refractivity contribution in [2.75, 3.05) is 32.7 Å². The molecular weight excluding hydrogens is 246 g/mol. The van der Waals surface area contributed by atoms with Crippen LogP contribution in [0.2, 0.25) is 0 Å². The summed E-state index contributed by atoms with van der Waals surface area (Å²) in [6.45, 7) is 9.01. The Kier molecular flexibility index (Phi) is 5.36. The molecule has 0 radical (unpaired) electrons. The summed E-state index contributed by atoms with van der Waals surface area (Å²) in [4.78, 5) is 5.48. The van der Waals surface area contributed by atoms with Gasteiger partial charge in [-0.05, 0) is 84.1 Å². The summed E-state index contributed by atoms with van der Waals surface area (Å²) >= 11 is 0. The van der Waals surface area contributed by atoms with Gasteiger partial charge in [0.1, 0.15) is 0 Å². The Morgan fingerprint density at radius 1 is 1.05 bits per heavy atom. The lowest BCUT2D eigenvalue weighted by Gasteiger charge is -2.38. The van der Waals surface area contributed by atoms with Crippen molar-refractivity contribution < 1.29 is 0 Å². The third-order valence-corrected chi connectivity index (χ3v) is 5.59. The van der Waals surface area contributed by atoms with Crippen LogP contribution < -0.4 is 5.32 Å². The molecule has 1 N–H and O–H groups in total. The molecule has 0 aromatic carbocycles. The number of rotatable bonds is 7. The summed E-state index contributed by atoms with van der Waals surface area (Å²) in [6.07, 6.45) is 11.2. The van der Waals surface area contributed by atoms with Crippen LogP contribution in [0.15, 0.2) is 0 Å². The average molecular weight is 279 g/mol. The van der Waals surface area contributed by atoms with Gasteiger partial charge in [0.2, 0.25) is 0 Å². The van der Waals surface area contributed by atoms with Gasteiger partial charge in [0, 0.05) is 18.1 Å². The average Bonchev–Trinajstić information content (AvgIpc) is 3.08. The van der Waals surface area contributed by atoms with Gasteiger partial charge < -0.3 is 15.1 Å². The van der Waals surface area contributed by atoms with Gasteiger partial charge in [0.25, 0.3) is 0 Å². The molecule has 20 heavy (non-hydrogen) atoms. The first-order valence-corrected chi connectivity index (χ1v) is 9.07. The van der Waals surface area contributed by atoms with E-state index in [1.54, 1.807) is 0 Å². The molecule has 2 bridgehead atoms. The topological polar surface area (TPSA) is 18.5 Å². The Bertz CT molecular complexity index is 276. The van der Waals surface area contributed by atoms with Gasteiger partial charge in [-0.25, -0.2) is 0 Å². The summed E-state index contributed by atoms with van der Waals surface area (Å²) in [5.74, 6) is 0. The van der Waals surface area contributed by atoms with Crippen molar-refractivity contribution in [3.63, 3.8) is 0 Å². The summed E-state index contributed by atoms with van der Waals surface area (Å²) < 4.78 is 0. The van der Waals surface area contributed by atoms with Gasteiger partial charge in [0.05, 0.1) is 0 Å². The summed E-state index contributed by atoms with van der Waals surface area (Å²) in [7, 11) is 0. The molecule has 0 aliphatic carbocycles. The molecule has 3 rings (SSSR count). The smallest absolute Gasteiger partial charge is 0.0125 e. The number of likely N-dealkylation sites (tertiary alicyclic amines) is 1. The van der Waals surface area contributed by atoms with Crippen molar-refractivity contribution in [3.8, 4) is 0 Å². The summed E-state index contributed by atoms with van der Waals surface area (Å²) in [5.41, 5.74) is 0. The van der Waals surface area contributed by atoms with Crippen LogP contribution in [-0.2, 0) is 0 Å². The Hall–Kier alpha value is -0.120. The van der Waals surface area contributed by atoms with E-state index in [1.165, 1.54) is 84.1 Å². The molecule has 3 heterocycles. The highest BCUT2D eigenvalue weighted by molar-refractivity contribution is 4.95. The second-order valence-corrected chi connectivity index (χ2v) is 7.20. The van der Waals surface area contributed by atoms with Crippen LogP contribution >= 0.6 is 0 Å². The van der Waals surface area contributed by atoms with Crippen LogP contribution in [0, 0.1) is 0 Å². The second kappa shape index (κ2) is 7.24. The van der Waals surface area contributed by atoms with Gasteiger partial charge in [-0.2, -0.15) is 0 Å². The third-order valence-electron chi connectivity index (χ3n) is 5.59. The van der Waals surface area contributed by atoms with Crippen LogP contribution in [0.1, 0.15) is 58.3 Å². The Morgan fingerprint density at radius 3 is 2.40 bits per heavy atom. The van der Waals surface area contributed by atoms with E-state index < -0.39 is 0 Å². The number of nitrogens with one attached hydrogen (secondary N) is 1. The van der Waals surface area contributed by atoms with Crippen LogP contribution in [0.25, 0.3) is 0 Å². The largest absolute Gasteiger partial charge is 0.311 e. The molecule has 2 atom stereocenters. The zero-order valence-corrected chi connectivity index (χ0v) is 13.3. The molecule has 3 heteroatoms. The van der Waals surface area contributed by atoms with Crippen molar-refractivity contribution >= 4 is 0 Å². The lowest BCUT2D eigenvalue weighted by Crippen LogP contribution is -2.49. The molecule has 0 aromatic heterocycles. The van der Waals surface area contributed by atoms with E-state index in [0.29, 0.717) is 0 Å². The zero-order chi connectivity index (χ0) is 13.8. The van der Waals surface area contributed by atoms with Crippen molar-refractivity contribution in [1.82, 2.24) is 15.1 Å². The Morgan fingerprint density at radius 2 is 1.75 bits per heavy atom. The number of nitrogens with zero attached hydrogens (tertiary/aromatic N) is 2. The fourth-order valence-corrected chi connectivity index (χ4v) is 4.59. The first kappa shape index (κ1) is 14.8. The van der Waals surface area contributed by atoms with Crippen molar-refractivity contribution in [3.05, 3.63) is 0 Å². The molecule has 0 amide bonds. The molecule has 0 spiro atoms. The first-order chi connectivity index (χ1) is 9.85. The van der Waals surface area contributed by atoms with E-state index in [-0.39, 0.29) is 0 Å². The van der Waals surface area contributed by atoms with E-state index in [0.717, 1.165) is 18.1 Å². The minimum Gasteiger partial charge on any atom is -0.311 e. The molecule has 116 valence electrons. The predicted molar refractivity (Wildman–Crippen MR) is 85.1 cm³/mol. The van der Waals surface area contributed by atoms with Gasteiger partial charge in [-0.15, -0.1) is 0 Å². The molecule has 0 saturated carbocycles. The van der Waals surface area contributed by atoms with Crippen molar-refractivity contribution in [2.24, 2.45) is 0 Å². The fourth-order valence-electron chi connectivity index (χ4n) is 4.59. The highest BCUT2D eigenvalue weighted by Gasteiger charge is 2.35. The van der Waals surface area contributed by atoms with E-state index in [4.69, 9.17) is 0 Å². The normalized spacial score (nSPS) is 34.2. The van der Waals surface area contributed by atoms with Crippen LogP contribution in [0.4, 0.5) is 0 Å². The third kappa shape index (κ3) is 3.75. The van der Waals surface area contributed by atoms with Crippen LogP contribution in [0.5, 0.6) is 0 Å². The minimum atomic E-state index is 0.830. The highest BCUT2D eigenvalue weighted by atomic mass is 15.2. The quantitative estimate of drug-likeness (QED) is 0.772. The first-order valence-electron chi connectivity index (χ1n) is 9.07. The number of fused-ring (bicyclic) bond motifs is 2. The molecular formula is C17H33N3. The van der Waals surface area contributed by atoms with Gasteiger partial charge >= 0.3 is 0 Å². The highest BCUT2D eigenvalue weighted by Crippen LogP contribution is 2.30. The van der Waals surface area contributed by atoms with Crippen molar-refractivity contribution in [1.29, 1.82) is 0 Å². The zero-order valence-electron chi connectivity index (χ0n) is 13.3.